The van der Waals surface area contributed by atoms with Crippen molar-refractivity contribution in [2.24, 2.45) is 0 Å². The molecule has 1 saturated heterocycles. The van der Waals surface area contributed by atoms with Crippen LogP contribution in [0.1, 0.15) is 25.0 Å². The van der Waals surface area contributed by atoms with Crippen LogP contribution in [0.5, 0.6) is 5.75 Å². The molecule has 104 valence electrons. The van der Waals surface area contributed by atoms with Crippen LogP contribution in [0.25, 0.3) is 0 Å². The zero-order valence-electron chi connectivity index (χ0n) is 12.0. The molecule has 3 nitrogen and oxygen atoms in total. The number of piperazine rings is 1. The molecule has 0 unspecified atom stereocenters. The van der Waals surface area contributed by atoms with Crippen molar-refractivity contribution in [2.45, 2.75) is 32.3 Å². The Labute approximate surface area is 115 Å². The van der Waals surface area contributed by atoms with E-state index in [1.165, 1.54) is 30.8 Å². The van der Waals surface area contributed by atoms with Gasteiger partial charge in [-0.3, -0.25) is 0 Å². The minimum atomic E-state index is -0.0283. The summed E-state index contributed by atoms with van der Waals surface area (Å²) in [6.07, 6.45) is 2.18. The minimum absolute atomic E-state index is 0.0283. The van der Waals surface area contributed by atoms with E-state index in [0.717, 1.165) is 31.7 Å². The Bertz CT molecular complexity index is 450. The molecule has 1 aromatic carbocycles. The van der Waals surface area contributed by atoms with Gasteiger partial charge in [0, 0.05) is 39.1 Å². The number of benzene rings is 1. The van der Waals surface area contributed by atoms with Crippen molar-refractivity contribution in [3.63, 3.8) is 0 Å². The number of nitrogens with one attached hydrogen (secondary N) is 1. The second kappa shape index (κ2) is 5.14. The summed E-state index contributed by atoms with van der Waals surface area (Å²) in [4.78, 5) is 2.55. The average molecular weight is 260 g/mol. The minimum Gasteiger partial charge on any atom is -0.487 e. The van der Waals surface area contributed by atoms with Gasteiger partial charge in [-0.1, -0.05) is 12.1 Å². The summed E-state index contributed by atoms with van der Waals surface area (Å²) in [5, 5.41) is 3.40. The number of fused-ring (bicyclic) bond motifs is 1. The van der Waals surface area contributed by atoms with E-state index in [9.17, 15) is 0 Å². The molecule has 2 aliphatic rings. The lowest BCUT2D eigenvalue weighted by Gasteiger charge is -2.27. The topological polar surface area (TPSA) is 24.5 Å². The van der Waals surface area contributed by atoms with Crippen molar-refractivity contribution < 1.29 is 4.74 Å². The van der Waals surface area contributed by atoms with Crippen molar-refractivity contribution in [3.05, 3.63) is 29.3 Å². The van der Waals surface area contributed by atoms with Crippen LogP contribution in [0.3, 0.4) is 0 Å². The van der Waals surface area contributed by atoms with Crippen molar-refractivity contribution in [3.8, 4) is 5.75 Å². The Hall–Kier alpha value is -1.06. The first-order valence-corrected chi connectivity index (χ1v) is 7.36. The number of hydrogen-bond donors (Lipinski definition) is 1. The fourth-order valence-electron chi connectivity index (χ4n) is 3.04. The zero-order valence-corrected chi connectivity index (χ0v) is 12.0. The highest BCUT2D eigenvalue weighted by atomic mass is 16.5. The second-order valence-electron chi connectivity index (χ2n) is 6.32. The molecule has 0 aromatic heterocycles. The van der Waals surface area contributed by atoms with E-state index in [1.807, 2.05) is 0 Å². The van der Waals surface area contributed by atoms with Crippen LogP contribution in [0.4, 0.5) is 0 Å². The van der Waals surface area contributed by atoms with Crippen molar-refractivity contribution in [2.75, 3.05) is 32.7 Å². The first kappa shape index (κ1) is 12.9. The largest absolute Gasteiger partial charge is 0.487 e. The molecule has 0 spiro atoms. The smallest absolute Gasteiger partial charge is 0.123 e. The molecule has 1 aromatic rings. The van der Waals surface area contributed by atoms with Crippen LogP contribution in [0.15, 0.2) is 18.2 Å². The van der Waals surface area contributed by atoms with Gasteiger partial charge in [-0.2, -0.15) is 0 Å². The van der Waals surface area contributed by atoms with Gasteiger partial charge in [0.15, 0.2) is 0 Å². The Morgan fingerprint density at radius 1 is 1.26 bits per heavy atom. The van der Waals surface area contributed by atoms with Gasteiger partial charge in [-0.05, 0) is 37.5 Å². The maximum atomic E-state index is 5.93. The number of hydrogen-bond acceptors (Lipinski definition) is 3. The predicted octanol–water partition coefficient (Wildman–Crippen LogP) is 1.85. The normalized spacial score (nSPS) is 22.0. The Balaban J connectivity index is 1.60. The molecular formula is C16H24N2O. The molecule has 3 heteroatoms. The molecule has 1 fully saturated rings. The zero-order chi connectivity index (χ0) is 13.3. The lowest BCUT2D eigenvalue weighted by molar-refractivity contribution is 0.138. The van der Waals surface area contributed by atoms with E-state index >= 15 is 0 Å². The molecule has 2 aliphatic heterocycles. The summed E-state index contributed by atoms with van der Waals surface area (Å²) < 4.78 is 5.93. The molecule has 0 atom stereocenters. The third kappa shape index (κ3) is 3.10. The SMILES string of the molecule is CC1(C)Cc2cc(CCN3CCNCC3)ccc2O1. The monoisotopic (exact) mass is 260 g/mol. The fraction of sp³-hybridized carbons (Fsp3) is 0.625. The molecule has 0 radical (unpaired) electrons. The fourth-order valence-corrected chi connectivity index (χ4v) is 3.04. The van der Waals surface area contributed by atoms with Crippen LogP contribution in [0.2, 0.25) is 0 Å². The molecule has 2 heterocycles. The van der Waals surface area contributed by atoms with E-state index in [-0.39, 0.29) is 5.60 Å². The molecular weight excluding hydrogens is 236 g/mol. The van der Waals surface area contributed by atoms with Gasteiger partial charge in [0.25, 0.3) is 0 Å². The highest BCUT2D eigenvalue weighted by Crippen LogP contribution is 2.35. The molecule has 3 rings (SSSR count). The molecule has 0 bridgehead atoms. The number of rotatable bonds is 3. The highest BCUT2D eigenvalue weighted by molar-refractivity contribution is 5.41. The van der Waals surface area contributed by atoms with Gasteiger partial charge in [0.05, 0.1) is 0 Å². The summed E-state index contributed by atoms with van der Waals surface area (Å²) in [5.74, 6) is 1.08. The number of nitrogens with zero attached hydrogens (tertiary/aromatic N) is 1. The molecule has 1 N–H and O–H groups in total. The van der Waals surface area contributed by atoms with Gasteiger partial charge in [-0.25, -0.2) is 0 Å². The van der Waals surface area contributed by atoms with Crippen LogP contribution in [0, 0.1) is 0 Å². The Kier molecular flexibility index (Phi) is 3.50. The Morgan fingerprint density at radius 2 is 2.05 bits per heavy atom. The van der Waals surface area contributed by atoms with Crippen molar-refractivity contribution in [1.29, 1.82) is 0 Å². The third-order valence-corrected chi connectivity index (χ3v) is 4.05. The summed E-state index contributed by atoms with van der Waals surface area (Å²) in [6.45, 7) is 10.1. The number of ether oxygens (including phenoxy) is 1. The van der Waals surface area contributed by atoms with E-state index in [1.54, 1.807) is 0 Å². The van der Waals surface area contributed by atoms with Crippen molar-refractivity contribution in [1.82, 2.24) is 10.2 Å². The summed E-state index contributed by atoms with van der Waals surface area (Å²) >= 11 is 0. The van der Waals surface area contributed by atoms with Crippen LogP contribution < -0.4 is 10.1 Å². The highest BCUT2D eigenvalue weighted by Gasteiger charge is 2.29. The second-order valence-corrected chi connectivity index (χ2v) is 6.32. The average Bonchev–Trinajstić information content (AvgIpc) is 2.70. The Morgan fingerprint density at radius 3 is 2.84 bits per heavy atom. The molecule has 19 heavy (non-hydrogen) atoms. The lowest BCUT2D eigenvalue weighted by atomic mass is 9.99. The first-order valence-electron chi connectivity index (χ1n) is 7.36. The van der Waals surface area contributed by atoms with Crippen LogP contribution >= 0.6 is 0 Å². The van der Waals surface area contributed by atoms with E-state index in [2.05, 4.69) is 42.3 Å². The molecule has 0 amide bonds. The summed E-state index contributed by atoms with van der Waals surface area (Å²) in [5.41, 5.74) is 2.79. The maximum Gasteiger partial charge on any atom is 0.123 e. The lowest BCUT2D eigenvalue weighted by Crippen LogP contribution is -2.44. The van der Waals surface area contributed by atoms with Crippen LogP contribution in [-0.2, 0) is 12.8 Å². The standard InChI is InChI=1S/C16H24N2O/c1-16(2)12-14-11-13(3-4-15(14)19-16)5-8-18-9-6-17-7-10-18/h3-4,11,17H,5-10,12H2,1-2H3. The molecule has 0 saturated carbocycles. The van der Waals surface area contributed by atoms with Crippen LogP contribution in [-0.4, -0.2) is 43.2 Å². The van der Waals surface area contributed by atoms with Gasteiger partial charge in [-0.15, -0.1) is 0 Å². The summed E-state index contributed by atoms with van der Waals surface area (Å²) in [6, 6.07) is 6.71. The quantitative estimate of drug-likeness (QED) is 0.897. The first-order chi connectivity index (χ1) is 9.12. The third-order valence-electron chi connectivity index (χ3n) is 4.05. The van der Waals surface area contributed by atoms with Crippen molar-refractivity contribution >= 4 is 0 Å². The molecule has 0 aliphatic carbocycles. The van der Waals surface area contributed by atoms with Gasteiger partial charge >= 0.3 is 0 Å². The summed E-state index contributed by atoms with van der Waals surface area (Å²) in [7, 11) is 0. The predicted molar refractivity (Wildman–Crippen MR) is 77.9 cm³/mol. The maximum absolute atomic E-state index is 5.93. The van der Waals surface area contributed by atoms with E-state index in [4.69, 9.17) is 4.74 Å². The van der Waals surface area contributed by atoms with Gasteiger partial charge in [0.2, 0.25) is 0 Å². The van der Waals surface area contributed by atoms with Gasteiger partial charge in [0.1, 0.15) is 11.4 Å². The van der Waals surface area contributed by atoms with E-state index in [0.29, 0.717) is 0 Å². The van der Waals surface area contributed by atoms with E-state index < -0.39 is 0 Å². The van der Waals surface area contributed by atoms with Gasteiger partial charge < -0.3 is 15.0 Å².